The summed E-state index contributed by atoms with van der Waals surface area (Å²) in [5, 5.41) is 0. The van der Waals surface area contributed by atoms with Crippen molar-refractivity contribution in [1.82, 2.24) is 4.90 Å². The summed E-state index contributed by atoms with van der Waals surface area (Å²) in [7, 11) is 0. The zero-order valence-electron chi connectivity index (χ0n) is 19.8. The van der Waals surface area contributed by atoms with Crippen molar-refractivity contribution in [3.8, 4) is 5.75 Å². The van der Waals surface area contributed by atoms with Crippen LogP contribution in [0.3, 0.4) is 0 Å². The van der Waals surface area contributed by atoms with E-state index in [1.54, 1.807) is 5.56 Å². The maximum Gasteiger partial charge on any atom is 0.133 e. The van der Waals surface area contributed by atoms with Gasteiger partial charge in [-0.25, -0.2) is 0 Å². The summed E-state index contributed by atoms with van der Waals surface area (Å²) < 4.78 is 6.44. The van der Waals surface area contributed by atoms with E-state index in [2.05, 4.69) is 44.7 Å². The Morgan fingerprint density at radius 2 is 1.93 bits per heavy atom. The highest BCUT2D eigenvalue weighted by Gasteiger charge is 2.56. The Labute approximate surface area is 183 Å². The standard InChI is InChI=1S/C27H41NO2/c1-6-28(7-2)16-17-30-25-13-8-18(3)20-9-10-21-22(26(20)25)14-15-27(5)23(19(4)29)11-12-24(21)27/h8,13,21-24H,6-7,9-12,14-17H2,1-5H3/t21-,22+,23-,24+,27-/m1/s1. The Morgan fingerprint density at radius 3 is 2.63 bits per heavy atom. The number of Topliss-reactive ketones (excluding diaryl/α,β-unsaturated/α-hetero) is 1. The van der Waals surface area contributed by atoms with Crippen LogP contribution in [0.25, 0.3) is 0 Å². The summed E-state index contributed by atoms with van der Waals surface area (Å²) in [5.41, 5.74) is 4.74. The van der Waals surface area contributed by atoms with Crippen LogP contribution in [0, 0.1) is 30.1 Å². The summed E-state index contributed by atoms with van der Waals surface area (Å²) in [6, 6.07) is 4.50. The van der Waals surface area contributed by atoms with Crippen molar-refractivity contribution in [2.75, 3.05) is 26.2 Å². The maximum absolute atomic E-state index is 12.4. The number of carbonyl (C=O) groups is 1. The van der Waals surface area contributed by atoms with Gasteiger partial charge in [0.1, 0.15) is 18.1 Å². The van der Waals surface area contributed by atoms with Gasteiger partial charge in [0.15, 0.2) is 0 Å². The number of aryl methyl sites for hydroxylation is 1. The summed E-state index contributed by atoms with van der Waals surface area (Å²) in [6.07, 6.45) is 7.20. The van der Waals surface area contributed by atoms with E-state index in [0.29, 0.717) is 23.5 Å². The zero-order chi connectivity index (χ0) is 21.5. The first-order valence-corrected chi connectivity index (χ1v) is 12.4. The van der Waals surface area contributed by atoms with Gasteiger partial charge in [-0.3, -0.25) is 4.79 Å². The summed E-state index contributed by atoms with van der Waals surface area (Å²) in [6.45, 7) is 14.9. The molecule has 2 fully saturated rings. The highest BCUT2D eigenvalue weighted by Crippen LogP contribution is 2.64. The van der Waals surface area contributed by atoms with E-state index in [9.17, 15) is 4.79 Å². The second-order valence-corrected chi connectivity index (χ2v) is 10.3. The van der Waals surface area contributed by atoms with Crippen molar-refractivity contribution >= 4 is 5.78 Å². The van der Waals surface area contributed by atoms with Crippen LogP contribution in [0.5, 0.6) is 5.75 Å². The first-order valence-electron chi connectivity index (χ1n) is 12.4. The van der Waals surface area contributed by atoms with Crippen molar-refractivity contribution in [2.24, 2.45) is 23.2 Å². The van der Waals surface area contributed by atoms with Gasteiger partial charge in [-0.15, -0.1) is 0 Å². The molecule has 3 heteroatoms. The first kappa shape index (κ1) is 21.9. The van der Waals surface area contributed by atoms with Crippen LogP contribution in [0.4, 0.5) is 0 Å². The lowest BCUT2D eigenvalue weighted by Gasteiger charge is -2.51. The molecule has 0 N–H and O–H groups in total. The molecule has 0 amide bonds. The van der Waals surface area contributed by atoms with Gasteiger partial charge in [-0.1, -0.05) is 26.8 Å². The molecule has 1 aromatic rings. The normalized spacial score (nSPS) is 32.5. The van der Waals surface area contributed by atoms with Crippen LogP contribution in [0.1, 0.15) is 82.4 Å². The first-order chi connectivity index (χ1) is 14.4. The second kappa shape index (κ2) is 8.65. The minimum absolute atomic E-state index is 0.220. The van der Waals surface area contributed by atoms with Crippen LogP contribution >= 0.6 is 0 Å². The van der Waals surface area contributed by atoms with Gasteiger partial charge in [-0.2, -0.15) is 0 Å². The van der Waals surface area contributed by atoms with Gasteiger partial charge < -0.3 is 9.64 Å². The van der Waals surface area contributed by atoms with Crippen LogP contribution < -0.4 is 4.74 Å². The number of fused-ring (bicyclic) bond motifs is 5. The molecule has 4 rings (SSSR count). The lowest BCUT2D eigenvalue weighted by molar-refractivity contribution is -0.125. The van der Waals surface area contributed by atoms with Crippen LogP contribution in [-0.4, -0.2) is 36.9 Å². The van der Waals surface area contributed by atoms with Gasteiger partial charge in [-0.05, 0) is 106 Å². The number of rotatable bonds is 7. The molecule has 3 aliphatic carbocycles. The fourth-order valence-electron chi connectivity index (χ4n) is 7.47. The number of hydrogen-bond acceptors (Lipinski definition) is 3. The van der Waals surface area contributed by atoms with E-state index in [0.717, 1.165) is 38.4 Å². The molecule has 0 heterocycles. The Morgan fingerprint density at radius 1 is 1.17 bits per heavy atom. The summed E-state index contributed by atoms with van der Waals surface area (Å²) in [5.74, 6) is 3.87. The molecule has 0 spiro atoms. The molecule has 0 unspecified atom stereocenters. The lowest BCUT2D eigenvalue weighted by Crippen LogP contribution is -2.43. The number of hydrogen-bond donors (Lipinski definition) is 0. The highest BCUT2D eigenvalue weighted by atomic mass is 16.5. The Hall–Kier alpha value is -1.35. The van der Waals surface area contributed by atoms with E-state index in [1.165, 1.54) is 43.2 Å². The SMILES string of the molecule is CCN(CC)CCOc1ccc(C)c2c1[C@H]1CC[C@]3(C)[C@@H](C(C)=O)CC[C@H]3[C@@H]1CC2. The summed E-state index contributed by atoms with van der Waals surface area (Å²) in [4.78, 5) is 14.8. The number of ketones is 1. The average molecular weight is 412 g/mol. The number of carbonyl (C=O) groups excluding carboxylic acids is 1. The molecule has 5 atom stereocenters. The molecule has 0 aliphatic heterocycles. The Kier molecular flexibility index (Phi) is 6.30. The largest absolute Gasteiger partial charge is 0.492 e. The molecule has 30 heavy (non-hydrogen) atoms. The molecule has 3 aliphatic rings. The minimum Gasteiger partial charge on any atom is -0.492 e. The van der Waals surface area contributed by atoms with Crippen molar-refractivity contribution in [2.45, 2.75) is 79.1 Å². The van der Waals surface area contributed by atoms with E-state index in [-0.39, 0.29) is 11.3 Å². The molecular formula is C27H41NO2. The van der Waals surface area contributed by atoms with Crippen LogP contribution in [0.2, 0.25) is 0 Å². The Bertz CT molecular complexity index is 783. The van der Waals surface area contributed by atoms with E-state index in [4.69, 9.17) is 4.74 Å². The Balaban J connectivity index is 1.59. The molecule has 166 valence electrons. The topological polar surface area (TPSA) is 29.5 Å². The van der Waals surface area contributed by atoms with Crippen LogP contribution in [-0.2, 0) is 11.2 Å². The molecule has 0 saturated heterocycles. The quantitative estimate of drug-likeness (QED) is 0.570. The monoisotopic (exact) mass is 411 g/mol. The number of likely N-dealkylation sites (N-methyl/N-ethyl adjacent to an activating group) is 1. The van der Waals surface area contributed by atoms with Crippen molar-refractivity contribution in [3.63, 3.8) is 0 Å². The molecule has 0 radical (unpaired) electrons. The van der Waals surface area contributed by atoms with Gasteiger partial charge in [0.25, 0.3) is 0 Å². The third kappa shape index (κ3) is 3.61. The van der Waals surface area contributed by atoms with Gasteiger partial charge in [0.2, 0.25) is 0 Å². The van der Waals surface area contributed by atoms with E-state index in [1.807, 2.05) is 6.92 Å². The van der Waals surface area contributed by atoms with Gasteiger partial charge >= 0.3 is 0 Å². The fourth-order valence-corrected chi connectivity index (χ4v) is 7.47. The zero-order valence-corrected chi connectivity index (χ0v) is 19.8. The highest BCUT2D eigenvalue weighted by molar-refractivity contribution is 5.79. The van der Waals surface area contributed by atoms with Gasteiger partial charge in [0, 0.05) is 18.0 Å². The predicted octanol–water partition coefficient (Wildman–Crippen LogP) is 5.78. The van der Waals surface area contributed by atoms with Crippen molar-refractivity contribution < 1.29 is 9.53 Å². The minimum atomic E-state index is 0.220. The van der Waals surface area contributed by atoms with Gasteiger partial charge in [0.05, 0.1) is 0 Å². The number of benzene rings is 1. The number of nitrogens with zero attached hydrogens (tertiary/aromatic N) is 1. The third-order valence-corrected chi connectivity index (χ3v) is 9.14. The second-order valence-electron chi connectivity index (χ2n) is 10.3. The molecule has 1 aromatic carbocycles. The predicted molar refractivity (Wildman–Crippen MR) is 123 cm³/mol. The fraction of sp³-hybridized carbons (Fsp3) is 0.741. The van der Waals surface area contributed by atoms with Crippen molar-refractivity contribution in [3.05, 3.63) is 28.8 Å². The molecular weight excluding hydrogens is 370 g/mol. The molecule has 0 aromatic heterocycles. The van der Waals surface area contributed by atoms with Crippen LogP contribution in [0.15, 0.2) is 12.1 Å². The number of ether oxygens (including phenoxy) is 1. The molecule has 0 bridgehead atoms. The summed E-state index contributed by atoms with van der Waals surface area (Å²) >= 11 is 0. The smallest absolute Gasteiger partial charge is 0.133 e. The third-order valence-electron chi connectivity index (χ3n) is 9.14. The average Bonchev–Trinajstić information content (AvgIpc) is 3.10. The van der Waals surface area contributed by atoms with E-state index < -0.39 is 0 Å². The van der Waals surface area contributed by atoms with E-state index >= 15 is 0 Å². The molecule has 2 saturated carbocycles. The van der Waals surface area contributed by atoms with Crippen molar-refractivity contribution in [1.29, 1.82) is 0 Å². The lowest BCUT2D eigenvalue weighted by atomic mass is 9.53. The maximum atomic E-state index is 12.4. The molecule has 3 nitrogen and oxygen atoms in total.